The van der Waals surface area contributed by atoms with E-state index in [0.29, 0.717) is 0 Å². The van der Waals surface area contributed by atoms with Gasteiger partial charge in [-0.05, 0) is 37.0 Å². The fraction of sp³-hybridized carbons (Fsp3) is 0.429. The minimum absolute atomic E-state index is 0.826. The maximum absolute atomic E-state index is 5.78. The lowest BCUT2D eigenvalue weighted by molar-refractivity contribution is 0.883. The SMILES string of the molecule is Nc1cccc(CCc2nnc(N3CCCC3)s2)c1. The number of hydrogen-bond donors (Lipinski definition) is 1. The molecular weight excluding hydrogens is 256 g/mol. The van der Waals surface area contributed by atoms with Crippen LogP contribution in [0.5, 0.6) is 0 Å². The zero-order valence-electron chi connectivity index (χ0n) is 10.9. The first-order valence-corrected chi connectivity index (χ1v) is 7.55. The fourth-order valence-corrected chi connectivity index (χ4v) is 3.27. The van der Waals surface area contributed by atoms with Crippen molar-refractivity contribution in [3.05, 3.63) is 34.8 Å². The molecular formula is C14H18N4S. The highest BCUT2D eigenvalue weighted by molar-refractivity contribution is 7.15. The Hall–Kier alpha value is -1.62. The molecule has 2 heterocycles. The lowest BCUT2D eigenvalue weighted by Crippen LogP contribution is -2.17. The summed E-state index contributed by atoms with van der Waals surface area (Å²) < 4.78 is 0. The minimum Gasteiger partial charge on any atom is -0.399 e. The van der Waals surface area contributed by atoms with Gasteiger partial charge in [-0.25, -0.2) is 0 Å². The first-order chi connectivity index (χ1) is 9.31. The van der Waals surface area contributed by atoms with Crippen LogP contribution < -0.4 is 10.6 Å². The second kappa shape index (κ2) is 5.57. The molecule has 100 valence electrons. The normalized spacial score (nSPS) is 15.1. The van der Waals surface area contributed by atoms with Gasteiger partial charge in [-0.1, -0.05) is 23.5 Å². The maximum atomic E-state index is 5.78. The summed E-state index contributed by atoms with van der Waals surface area (Å²) in [6, 6.07) is 8.06. The third kappa shape index (κ3) is 3.04. The Balaban J connectivity index is 1.61. The number of nitrogens with zero attached hydrogens (tertiary/aromatic N) is 3. The maximum Gasteiger partial charge on any atom is 0.208 e. The molecule has 19 heavy (non-hydrogen) atoms. The third-order valence-corrected chi connectivity index (χ3v) is 4.46. The second-order valence-electron chi connectivity index (χ2n) is 4.92. The molecule has 0 saturated carbocycles. The number of aromatic nitrogens is 2. The summed E-state index contributed by atoms with van der Waals surface area (Å²) in [7, 11) is 0. The second-order valence-corrected chi connectivity index (χ2v) is 5.96. The van der Waals surface area contributed by atoms with E-state index < -0.39 is 0 Å². The Morgan fingerprint density at radius 2 is 2.00 bits per heavy atom. The van der Waals surface area contributed by atoms with Crippen LogP contribution in [0.3, 0.4) is 0 Å². The van der Waals surface area contributed by atoms with Gasteiger partial charge in [-0.2, -0.15) is 0 Å². The van der Waals surface area contributed by atoms with Crippen LogP contribution in [0.1, 0.15) is 23.4 Å². The van der Waals surface area contributed by atoms with Crippen molar-refractivity contribution < 1.29 is 0 Å². The van der Waals surface area contributed by atoms with E-state index in [0.717, 1.165) is 41.8 Å². The zero-order chi connectivity index (χ0) is 13.1. The van der Waals surface area contributed by atoms with Crippen LogP contribution in [-0.2, 0) is 12.8 Å². The van der Waals surface area contributed by atoms with Crippen molar-refractivity contribution >= 4 is 22.2 Å². The first-order valence-electron chi connectivity index (χ1n) is 6.73. The number of nitrogens with two attached hydrogens (primary N) is 1. The van der Waals surface area contributed by atoms with Gasteiger partial charge < -0.3 is 10.6 Å². The third-order valence-electron chi connectivity index (χ3n) is 3.41. The summed E-state index contributed by atoms with van der Waals surface area (Å²) in [4.78, 5) is 2.33. The van der Waals surface area contributed by atoms with Crippen LogP contribution in [0, 0.1) is 0 Å². The number of anilines is 2. The van der Waals surface area contributed by atoms with E-state index in [2.05, 4.69) is 21.2 Å². The standard InChI is InChI=1S/C14H18N4S/c15-12-5-3-4-11(10-12)6-7-13-16-17-14(19-13)18-8-1-2-9-18/h3-5,10H,1-2,6-9,15H2. The van der Waals surface area contributed by atoms with Crippen LogP contribution in [0.15, 0.2) is 24.3 Å². The molecule has 0 unspecified atom stereocenters. The molecule has 5 heteroatoms. The van der Waals surface area contributed by atoms with Crippen LogP contribution in [-0.4, -0.2) is 23.3 Å². The molecule has 1 aliphatic heterocycles. The highest BCUT2D eigenvalue weighted by Crippen LogP contribution is 2.24. The van der Waals surface area contributed by atoms with Gasteiger partial charge in [0.2, 0.25) is 5.13 Å². The van der Waals surface area contributed by atoms with Crippen LogP contribution in [0.25, 0.3) is 0 Å². The average Bonchev–Trinajstić information content (AvgIpc) is 3.07. The Morgan fingerprint density at radius 1 is 1.16 bits per heavy atom. The Morgan fingerprint density at radius 3 is 2.79 bits per heavy atom. The van der Waals surface area contributed by atoms with Gasteiger partial charge in [-0.3, -0.25) is 0 Å². The summed E-state index contributed by atoms with van der Waals surface area (Å²) in [6.45, 7) is 2.26. The monoisotopic (exact) mass is 274 g/mol. The predicted molar refractivity (Wildman–Crippen MR) is 79.6 cm³/mol. The topological polar surface area (TPSA) is 55.0 Å². The Kier molecular flexibility index (Phi) is 3.64. The van der Waals surface area contributed by atoms with Crippen molar-refractivity contribution in [2.45, 2.75) is 25.7 Å². The van der Waals surface area contributed by atoms with Crippen molar-refractivity contribution in [3.8, 4) is 0 Å². The number of rotatable bonds is 4. The first kappa shape index (κ1) is 12.4. The molecule has 1 aliphatic rings. The van der Waals surface area contributed by atoms with E-state index in [9.17, 15) is 0 Å². The summed E-state index contributed by atoms with van der Waals surface area (Å²) in [5.41, 5.74) is 7.87. The van der Waals surface area contributed by atoms with Gasteiger partial charge in [0, 0.05) is 25.2 Å². The molecule has 0 radical (unpaired) electrons. The van der Waals surface area contributed by atoms with Crippen LogP contribution in [0.2, 0.25) is 0 Å². The van der Waals surface area contributed by atoms with Crippen molar-refractivity contribution in [1.29, 1.82) is 0 Å². The van der Waals surface area contributed by atoms with E-state index >= 15 is 0 Å². The van der Waals surface area contributed by atoms with Gasteiger partial charge in [0.05, 0.1) is 0 Å². The fourth-order valence-electron chi connectivity index (χ4n) is 2.38. The van der Waals surface area contributed by atoms with Gasteiger partial charge in [0.25, 0.3) is 0 Å². The molecule has 0 aliphatic carbocycles. The lowest BCUT2D eigenvalue weighted by Gasteiger charge is -2.10. The highest BCUT2D eigenvalue weighted by atomic mass is 32.1. The van der Waals surface area contributed by atoms with E-state index in [1.807, 2.05) is 18.2 Å². The van der Waals surface area contributed by atoms with E-state index in [4.69, 9.17) is 5.73 Å². The van der Waals surface area contributed by atoms with Gasteiger partial charge in [0.1, 0.15) is 5.01 Å². The number of hydrogen-bond acceptors (Lipinski definition) is 5. The van der Waals surface area contributed by atoms with Crippen molar-refractivity contribution in [2.75, 3.05) is 23.7 Å². The molecule has 0 amide bonds. The van der Waals surface area contributed by atoms with Crippen LogP contribution >= 0.6 is 11.3 Å². The molecule has 2 N–H and O–H groups in total. The Bertz CT molecular complexity index is 546. The molecule has 0 atom stereocenters. The molecule has 2 aromatic rings. The molecule has 3 rings (SSSR count). The summed E-state index contributed by atoms with van der Waals surface area (Å²) >= 11 is 1.73. The predicted octanol–water partition coefficient (Wildman–Crippen LogP) is 2.51. The summed E-state index contributed by atoms with van der Waals surface area (Å²) in [5.74, 6) is 0. The van der Waals surface area contributed by atoms with E-state index in [-0.39, 0.29) is 0 Å². The van der Waals surface area contributed by atoms with Gasteiger partial charge in [-0.15, -0.1) is 10.2 Å². The molecule has 1 fully saturated rings. The smallest absolute Gasteiger partial charge is 0.208 e. The lowest BCUT2D eigenvalue weighted by atomic mass is 10.1. The number of aryl methyl sites for hydroxylation is 2. The molecule has 1 saturated heterocycles. The quantitative estimate of drug-likeness (QED) is 0.870. The minimum atomic E-state index is 0.826. The van der Waals surface area contributed by atoms with Crippen LogP contribution in [0.4, 0.5) is 10.8 Å². The highest BCUT2D eigenvalue weighted by Gasteiger charge is 2.16. The van der Waals surface area contributed by atoms with Gasteiger partial charge in [0.15, 0.2) is 0 Å². The van der Waals surface area contributed by atoms with Crippen molar-refractivity contribution in [2.24, 2.45) is 0 Å². The Labute approximate surface area is 117 Å². The molecule has 1 aromatic carbocycles. The number of benzene rings is 1. The largest absolute Gasteiger partial charge is 0.399 e. The molecule has 1 aromatic heterocycles. The summed E-state index contributed by atoms with van der Waals surface area (Å²) in [5, 5.41) is 10.8. The molecule has 0 bridgehead atoms. The van der Waals surface area contributed by atoms with E-state index in [1.165, 1.54) is 18.4 Å². The van der Waals surface area contributed by atoms with Gasteiger partial charge >= 0.3 is 0 Å². The number of nitrogen functional groups attached to an aromatic ring is 1. The zero-order valence-corrected chi connectivity index (χ0v) is 11.7. The van der Waals surface area contributed by atoms with E-state index in [1.54, 1.807) is 11.3 Å². The molecule has 0 spiro atoms. The van der Waals surface area contributed by atoms with Crippen molar-refractivity contribution in [1.82, 2.24) is 10.2 Å². The average molecular weight is 274 g/mol. The molecule has 4 nitrogen and oxygen atoms in total. The summed E-state index contributed by atoms with van der Waals surface area (Å²) in [6.07, 6.45) is 4.46. The van der Waals surface area contributed by atoms with Crippen molar-refractivity contribution in [3.63, 3.8) is 0 Å².